The molecule has 2 aromatic carbocycles. The number of nitrogens with zero attached hydrogens (tertiary/aromatic N) is 2. The Morgan fingerprint density at radius 2 is 1.96 bits per heavy atom. The molecule has 0 unspecified atom stereocenters. The highest BCUT2D eigenvalue weighted by molar-refractivity contribution is 5.94. The van der Waals surface area contributed by atoms with Crippen LogP contribution in [-0.2, 0) is 10.9 Å². The largest absolute Gasteiger partial charge is 0.465 e. The number of aromatic nitrogens is 2. The molecule has 0 aliphatic carbocycles. The molecule has 1 heterocycles. The maximum atomic E-state index is 12.8. The molecule has 0 bridgehead atoms. The molecule has 0 saturated carbocycles. The van der Waals surface area contributed by atoms with Crippen molar-refractivity contribution in [3.05, 3.63) is 59.8 Å². The number of carbonyl (C=O) groups is 1. The molecule has 3 aromatic rings. The van der Waals surface area contributed by atoms with E-state index >= 15 is 0 Å². The SMILES string of the molecule is COC(=O)c1ccc2c(cnn2-c2cccc(C(F)(F)F)c2)c1. The van der Waals surface area contributed by atoms with Crippen LogP contribution in [0.15, 0.2) is 48.7 Å². The lowest BCUT2D eigenvalue weighted by molar-refractivity contribution is -0.137. The van der Waals surface area contributed by atoms with Crippen molar-refractivity contribution in [2.24, 2.45) is 0 Å². The molecule has 0 N–H and O–H groups in total. The van der Waals surface area contributed by atoms with Crippen molar-refractivity contribution < 1.29 is 22.7 Å². The van der Waals surface area contributed by atoms with Gasteiger partial charge in [-0.1, -0.05) is 6.07 Å². The summed E-state index contributed by atoms with van der Waals surface area (Å²) in [6.07, 6.45) is -2.93. The summed E-state index contributed by atoms with van der Waals surface area (Å²) in [5, 5.41) is 4.74. The van der Waals surface area contributed by atoms with Gasteiger partial charge in [0, 0.05) is 5.39 Å². The third kappa shape index (κ3) is 2.77. The van der Waals surface area contributed by atoms with E-state index in [1.165, 1.54) is 30.1 Å². The standard InChI is InChI=1S/C16H11F3N2O2/c1-23-15(22)10-5-6-14-11(7-10)9-20-21(14)13-4-2-3-12(8-13)16(17,18)19/h2-9H,1H3. The summed E-state index contributed by atoms with van der Waals surface area (Å²) in [6.45, 7) is 0. The van der Waals surface area contributed by atoms with E-state index in [4.69, 9.17) is 0 Å². The van der Waals surface area contributed by atoms with Gasteiger partial charge in [0.1, 0.15) is 0 Å². The second kappa shape index (κ2) is 5.42. The first-order chi connectivity index (χ1) is 10.9. The fourth-order valence-corrected chi connectivity index (χ4v) is 2.30. The maximum Gasteiger partial charge on any atom is 0.416 e. The van der Waals surface area contributed by atoms with Crippen molar-refractivity contribution in [1.82, 2.24) is 9.78 Å². The van der Waals surface area contributed by atoms with Crippen LogP contribution in [0.2, 0.25) is 0 Å². The second-order valence-corrected chi connectivity index (χ2v) is 4.87. The lowest BCUT2D eigenvalue weighted by Gasteiger charge is -2.09. The third-order valence-corrected chi connectivity index (χ3v) is 3.41. The molecule has 0 fully saturated rings. The second-order valence-electron chi connectivity index (χ2n) is 4.87. The van der Waals surface area contributed by atoms with Crippen LogP contribution in [0.1, 0.15) is 15.9 Å². The Bertz CT molecular complexity index is 884. The van der Waals surface area contributed by atoms with E-state index in [2.05, 4.69) is 9.84 Å². The van der Waals surface area contributed by atoms with Crippen molar-refractivity contribution in [3.63, 3.8) is 0 Å². The first-order valence-electron chi connectivity index (χ1n) is 6.64. The Hall–Kier alpha value is -2.83. The predicted molar refractivity (Wildman–Crippen MR) is 77.4 cm³/mol. The van der Waals surface area contributed by atoms with Gasteiger partial charge in [-0.3, -0.25) is 0 Å². The number of hydrogen-bond acceptors (Lipinski definition) is 3. The van der Waals surface area contributed by atoms with Gasteiger partial charge in [0.2, 0.25) is 0 Å². The fourth-order valence-electron chi connectivity index (χ4n) is 2.30. The zero-order valence-electron chi connectivity index (χ0n) is 12.0. The van der Waals surface area contributed by atoms with Crippen molar-refractivity contribution in [1.29, 1.82) is 0 Å². The van der Waals surface area contributed by atoms with E-state index < -0.39 is 17.7 Å². The topological polar surface area (TPSA) is 44.1 Å². The summed E-state index contributed by atoms with van der Waals surface area (Å²) in [5.41, 5.74) is 0.492. The van der Waals surface area contributed by atoms with Gasteiger partial charge in [0.15, 0.2) is 0 Å². The number of benzene rings is 2. The molecule has 23 heavy (non-hydrogen) atoms. The first-order valence-corrected chi connectivity index (χ1v) is 6.64. The number of ether oxygens (including phenoxy) is 1. The number of methoxy groups -OCH3 is 1. The zero-order valence-corrected chi connectivity index (χ0v) is 12.0. The summed E-state index contributed by atoms with van der Waals surface area (Å²) >= 11 is 0. The van der Waals surface area contributed by atoms with E-state index in [0.29, 0.717) is 22.2 Å². The molecule has 7 heteroatoms. The molecule has 0 radical (unpaired) electrons. The molecular formula is C16H11F3N2O2. The lowest BCUT2D eigenvalue weighted by atomic mass is 10.1. The van der Waals surface area contributed by atoms with E-state index in [9.17, 15) is 18.0 Å². The lowest BCUT2D eigenvalue weighted by Crippen LogP contribution is -2.06. The van der Waals surface area contributed by atoms with E-state index in [1.807, 2.05) is 0 Å². The van der Waals surface area contributed by atoms with Crippen LogP contribution < -0.4 is 0 Å². The van der Waals surface area contributed by atoms with Gasteiger partial charge in [-0.2, -0.15) is 18.3 Å². The number of fused-ring (bicyclic) bond motifs is 1. The van der Waals surface area contributed by atoms with Gasteiger partial charge in [-0.05, 0) is 36.4 Å². The summed E-state index contributed by atoms with van der Waals surface area (Å²) in [6, 6.07) is 9.64. The fraction of sp³-hybridized carbons (Fsp3) is 0.125. The van der Waals surface area contributed by atoms with Crippen LogP contribution in [0.5, 0.6) is 0 Å². The van der Waals surface area contributed by atoms with Crippen LogP contribution in [0, 0.1) is 0 Å². The van der Waals surface area contributed by atoms with Crippen LogP contribution in [-0.4, -0.2) is 22.9 Å². The molecule has 0 saturated heterocycles. The van der Waals surface area contributed by atoms with Crippen molar-refractivity contribution in [2.75, 3.05) is 7.11 Å². The number of esters is 1. The summed E-state index contributed by atoms with van der Waals surface area (Å²) < 4.78 is 44.5. The molecule has 3 rings (SSSR count). The predicted octanol–water partition coefficient (Wildman–Crippen LogP) is 3.83. The molecule has 0 amide bonds. The van der Waals surface area contributed by atoms with E-state index in [0.717, 1.165) is 12.1 Å². The van der Waals surface area contributed by atoms with Gasteiger partial charge in [0.05, 0.1) is 35.6 Å². The molecule has 1 aromatic heterocycles. The molecule has 0 spiro atoms. The van der Waals surface area contributed by atoms with E-state index in [-0.39, 0.29) is 0 Å². The Labute approximate surface area is 129 Å². The van der Waals surface area contributed by atoms with Crippen LogP contribution >= 0.6 is 0 Å². The average molecular weight is 320 g/mol. The van der Waals surface area contributed by atoms with Gasteiger partial charge >= 0.3 is 12.1 Å². The van der Waals surface area contributed by atoms with Crippen LogP contribution in [0.4, 0.5) is 13.2 Å². The van der Waals surface area contributed by atoms with E-state index in [1.54, 1.807) is 18.2 Å². The summed E-state index contributed by atoms with van der Waals surface area (Å²) in [7, 11) is 1.28. The number of alkyl halides is 3. The molecule has 4 nitrogen and oxygen atoms in total. The van der Waals surface area contributed by atoms with Gasteiger partial charge in [-0.25, -0.2) is 9.48 Å². The minimum atomic E-state index is -4.42. The Morgan fingerprint density at radius 1 is 1.17 bits per heavy atom. The molecule has 0 atom stereocenters. The zero-order chi connectivity index (χ0) is 16.6. The highest BCUT2D eigenvalue weighted by atomic mass is 19.4. The smallest absolute Gasteiger partial charge is 0.416 e. The van der Waals surface area contributed by atoms with Crippen molar-refractivity contribution >= 4 is 16.9 Å². The Morgan fingerprint density at radius 3 is 2.65 bits per heavy atom. The summed E-state index contributed by atoms with van der Waals surface area (Å²) in [5.74, 6) is -0.487. The molecule has 0 aliphatic rings. The van der Waals surface area contributed by atoms with Crippen LogP contribution in [0.3, 0.4) is 0 Å². The number of halogens is 3. The van der Waals surface area contributed by atoms with Gasteiger partial charge in [-0.15, -0.1) is 0 Å². The highest BCUT2D eigenvalue weighted by Crippen LogP contribution is 2.31. The monoisotopic (exact) mass is 320 g/mol. The Kier molecular flexibility index (Phi) is 3.55. The summed E-state index contributed by atoms with van der Waals surface area (Å²) in [4.78, 5) is 11.5. The number of carbonyl (C=O) groups excluding carboxylic acids is 1. The molecular weight excluding hydrogens is 309 g/mol. The number of rotatable bonds is 2. The first kappa shape index (κ1) is 15.1. The van der Waals surface area contributed by atoms with Crippen molar-refractivity contribution in [3.8, 4) is 5.69 Å². The minimum Gasteiger partial charge on any atom is -0.465 e. The number of hydrogen-bond donors (Lipinski definition) is 0. The molecule has 0 aliphatic heterocycles. The average Bonchev–Trinajstić information content (AvgIpc) is 2.96. The van der Waals surface area contributed by atoms with Gasteiger partial charge < -0.3 is 4.74 Å². The van der Waals surface area contributed by atoms with Gasteiger partial charge in [0.25, 0.3) is 0 Å². The van der Waals surface area contributed by atoms with Crippen molar-refractivity contribution in [2.45, 2.75) is 6.18 Å². The quantitative estimate of drug-likeness (QED) is 0.674. The Balaban J connectivity index is 2.09. The third-order valence-electron chi connectivity index (χ3n) is 3.41. The normalized spacial score (nSPS) is 11.7. The van der Waals surface area contributed by atoms with Crippen LogP contribution in [0.25, 0.3) is 16.6 Å². The minimum absolute atomic E-state index is 0.292. The maximum absolute atomic E-state index is 12.8. The molecule has 118 valence electrons. The highest BCUT2D eigenvalue weighted by Gasteiger charge is 2.30.